The Kier molecular flexibility index (Phi) is 3.66. The molecule has 8 nitrogen and oxygen atoms in total. The van der Waals surface area contributed by atoms with Crippen LogP contribution in [-0.4, -0.2) is 30.9 Å². The van der Waals surface area contributed by atoms with Crippen molar-refractivity contribution in [3.63, 3.8) is 0 Å². The second kappa shape index (κ2) is 5.96. The number of fused-ring (bicyclic) bond motifs is 1. The summed E-state index contributed by atoms with van der Waals surface area (Å²) in [5.41, 5.74) is 0. The first-order chi connectivity index (χ1) is 11.3. The smallest absolute Gasteiger partial charge is 0.241 e. The Balaban J connectivity index is 1.36. The first kappa shape index (κ1) is 14.1. The highest BCUT2D eigenvalue weighted by Crippen LogP contribution is 2.17. The molecule has 0 bridgehead atoms. The van der Waals surface area contributed by atoms with Gasteiger partial charge < -0.3 is 14.3 Å². The van der Waals surface area contributed by atoms with Gasteiger partial charge in [-0.15, -0.1) is 0 Å². The van der Waals surface area contributed by atoms with Crippen LogP contribution in [0.2, 0.25) is 0 Å². The van der Waals surface area contributed by atoms with Crippen molar-refractivity contribution in [3.8, 4) is 11.6 Å². The molecule has 3 aromatic rings. The Morgan fingerprint density at radius 2 is 2.35 bits per heavy atom. The zero-order chi connectivity index (χ0) is 15.6. The third kappa shape index (κ3) is 2.89. The van der Waals surface area contributed by atoms with Crippen LogP contribution in [0.5, 0.6) is 0 Å². The first-order valence-electron chi connectivity index (χ1n) is 7.84. The third-order valence-corrected chi connectivity index (χ3v) is 3.97. The van der Waals surface area contributed by atoms with Crippen molar-refractivity contribution in [1.29, 1.82) is 0 Å². The fraction of sp³-hybridized carbons (Fsp3) is 0.467. The molecule has 1 atom stereocenters. The minimum absolute atomic E-state index is 0.327. The second-order valence-corrected chi connectivity index (χ2v) is 5.59. The SMILES string of the molecule is CCc1nc2n(n1)C[C@@H](NCc1nc(-c3ccco3)no1)CC2. The average Bonchev–Trinajstić information content (AvgIpc) is 3.30. The molecule has 0 fully saturated rings. The third-order valence-electron chi connectivity index (χ3n) is 3.97. The fourth-order valence-electron chi connectivity index (χ4n) is 2.74. The first-order valence-corrected chi connectivity index (χ1v) is 7.84. The zero-order valence-corrected chi connectivity index (χ0v) is 12.9. The molecule has 0 amide bonds. The maximum Gasteiger partial charge on any atom is 0.241 e. The number of aromatic nitrogens is 5. The van der Waals surface area contributed by atoms with Crippen LogP contribution >= 0.6 is 0 Å². The Morgan fingerprint density at radius 1 is 1.39 bits per heavy atom. The summed E-state index contributed by atoms with van der Waals surface area (Å²) in [7, 11) is 0. The van der Waals surface area contributed by atoms with Crippen molar-refractivity contribution in [1.82, 2.24) is 30.2 Å². The van der Waals surface area contributed by atoms with Gasteiger partial charge in [0.15, 0.2) is 11.6 Å². The fourth-order valence-corrected chi connectivity index (χ4v) is 2.74. The van der Waals surface area contributed by atoms with Crippen LogP contribution in [0.25, 0.3) is 11.6 Å². The van der Waals surface area contributed by atoms with Crippen molar-refractivity contribution >= 4 is 0 Å². The van der Waals surface area contributed by atoms with Gasteiger partial charge in [0.05, 0.1) is 19.4 Å². The summed E-state index contributed by atoms with van der Waals surface area (Å²) in [4.78, 5) is 8.86. The maximum absolute atomic E-state index is 5.26. The molecule has 0 unspecified atom stereocenters. The van der Waals surface area contributed by atoms with E-state index in [2.05, 4.69) is 32.5 Å². The Labute approximate surface area is 132 Å². The van der Waals surface area contributed by atoms with Crippen LogP contribution in [0.4, 0.5) is 0 Å². The number of hydrogen-bond donors (Lipinski definition) is 1. The van der Waals surface area contributed by atoms with Crippen LogP contribution in [-0.2, 0) is 25.9 Å². The molecule has 23 heavy (non-hydrogen) atoms. The number of aryl methyl sites for hydroxylation is 2. The van der Waals surface area contributed by atoms with Crippen molar-refractivity contribution in [2.75, 3.05) is 0 Å². The summed E-state index contributed by atoms with van der Waals surface area (Å²) in [6.07, 6.45) is 4.43. The summed E-state index contributed by atoms with van der Waals surface area (Å²) in [5.74, 6) is 3.63. The number of rotatable bonds is 5. The molecule has 0 radical (unpaired) electrons. The lowest BCUT2D eigenvalue weighted by atomic mass is 10.1. The van der Waals surface area contributed by atoms with E-state index < -0.39 is 0 Å². The van der Waals surface area contributed by atoms with E-state index in [9.17, 15) is 0 Å². The summed E-state index contributed by atoms with van der Waals surface area (Å²) in [6, 6.07) is 3.93. The van der Waals surface area contributed by atoms with Crippen molar-refractivity contribution in [2.45, 2.75) is 45.3 Å². The van der Waals surface area contributed by atoms with Gasteiger partial charge in [-0.2, -0.15) is 10.1 Å². The molecule has 4 rings (SSSR count). The molecular formula is C15H18N6O2. The molecule has 8 heteroatoms. The lowest BCUT2D eigenvalue weighted by Gasteiger charge is -2.22. The number of nitrogens with zero attached hydrogens (tertiary/aromatic N) is 5. The van der Waals surface area contributed by atoms with Gasteiger partial charge >= 0.3 is 0 Å². The Morgan fingerprint density at radius 3 is 3.17 bits per heavy atom. The Bertz CT molecular complexity index is 776. The Hall–Kier alpha value is -2.48. The van der Waals surface area contributed by atoms with Gasteiger partial charge in [-0.05, 0) is 18.6 Å². The van der Waals surface area contributed by atoms with Gasteiger partial charge in [0.2, 0.25) is 11.7 Å². The molecule has 4 heterocycles. The van der Waals surface area contributed by atoms with E-state index >= 15 is 0 Å². The van der Waals surface area contributed by atoms with Gasteiger partial charge in [0.25, 0.3) is 0 Å². The van der Waals surface area contributed by atoms with Gasteiger partial charge in [0, 0.05) is 18.9 Å². The van der Waals surface area contributed by atoms with Crippen LogP contribution in [0.1, 0.15) is 30.9 Å². The van der Waals surface area contributed by atoms with E-state index in [-0.39, 0.29) is 0 Å². The van der Waals surface area contributed by atoms with Gasteiger partial charge in [-0.3, -0.25) is 0 Å². The number of furan rings is 1. The quantitative estimate of drug-likeness (QED) is 0.764. The summed E-state index contributed by atoms with van der Waals surface area (Å²) >= 11 is 0. The molecule has 1 N–H and O–H groups in total. The normalized spacial score (nSPS) is 17.3. The lowest BCUT2D eigenvalue weighted by molar-refractivity contribution is 0.320. The number of hydrogen-bond acceptors (Lipinski definition) is 7. The van der Waals surface area contributed by atoms with Crippen molar-refractivity contribution in [3.05, 3.63) is 35.9 Å². The van der Waals surface area contributed by atoms with Crippen molar-refractivity contribution in [2.24, 2.45) is 0 Å². The van der Waals surface area contributed by atoms with Crippen molar-refractivity contribution < 1.29 is 8.94 Å². The minimum atomic E-state index is 0.327. The highest BCUT2D eigenvalue weighted by atomic mass is 16.5. The zero-order valence-electron chi connectivity index (χ0n) is 12.9. The summed E-state index contributed by atoms with van der Waals surface area (Å²) in [5, 5.41) is 11.9. The predicted molar refractivity (Wildman–Crippen MR) is 80.3 cm³/mol. The van der Waals surface area contributed by atoms with E-state index in [0.717, 1.165) is 37.5 Å². The van der Waals surface area contributed by atoms with Crippen LogP contribution < -0.4 is 5.32 Å². The molecule has 1 aliphatic rings. The largest absolute Gasteiger partial charge is 0.461 e. The van der Waals surface area contributed by atoms with Gasteiger partial charge in [-0.1, -0.05) is 12.1 Å². The molecule has 120 valence electrons. The van der Waals surface area contributed by atoms with E-state index in [4.69, 9.17) is 8.94 Å². The molecular weight excluding hydrogens is 296 g/mol. The predicted octanol–water partition coefficient (Wildman–Crippen LogP) is 1.59. The second-order valence-electron chi connectivity index (χ2n) is 5.59. The van der Waals surface area contributed by atoms with Gasteiger partial charge in [0.1, 0.15) is 5.82 Å². The summed E-state index contributed by atoms with van der Waals surface area (Å²) < 4.78 is 12.5. The monoisotopic (exact) mass is 314 g/mol. The van der Waals surface area contributed by atoms with Gasteiger partial charge in [-0.25, -0.2) is 9.67 Å². The minimum Gasteiger partial charge on any atom is -0.461 e. The summed E-state index contributed by atoms with van der Waals surface area (Å²) in [6.45, 7) is 3.42. The van der Waals surface area contributed by atoms with E-state index in [0.29, 0.717) is 30.1 Å². The van der Waals surface area contributed by atoms with E-state index in [1.807, 2.05) is 4.68 Å². The topological polar surface area (TPSA) is 94.8 Å². The molecule has 0 spiro atoms. The molecule has 0 saturated carbocycles. The van der Waals surface area contributed by atoms with E-state index in [1.165, 1.54) is 0 Å². The van der Waals surface area contributed by atoms with Crippen LogP contribution in [0, 0.1) is 0 Å². The molecule has 0 aliphatic carbocycles. The lowest BCUT2D eigenvalue weighted by Crippen LogP contribution is -2.37. The van der Waals surface area contributed by atoms with Crippen LogP contribution in [0.15, 0.2) is 27.3 Å². The maximum atomic E-state index is 5.26. The standard InChI is InChI=1S/C15H18N6O2/c1-2-12-17-13-6-5-10(9-21(13)19-12)16-8-14-18-15(20-23-14)11-4-3-7-22-11/h3-4,7,10,16H,2,5-6,8-9H2,1H3/t10-/m0/s1. The molecule has 3 aromatic heterocycles. The molecule has 0 saturated heterocycles. The average molecular weight is 314 g/mol. The number of nitrogens with one attached hydrogen (secondary N) is 1. The van der Waals surface area contributed by atoms with Crippen LogP contribution in [0.3, 0.4) is 0 Å². The van der Waals surface area contributed by atoms with E-state index in [1.54, 1.807) is 18.4 Å². The highest BCUT2D eigenvalue weighted by Gasteiger charge is 2.21. The highest BCUT2D eigenvalue weighted by molar-refractivity contribution is 5.44. The molecule has 1 aliphatic heterocycles. The molecule has 0 aromatic carbocycles.